The van der Waals surface area contributed by atoms with Crippen molar-refractivity contribution in [2.45, 2.75) is 6.55 Å². The van der Waals surface area contributed by atoms with Gasteiger partial charge in [0.25, 0.3) is 0 Å². The Bertz CT molecular complexity index is 346. The second-order valence-electron chi connectivity index (χ2n) is 3.54. The van der Waals surface area contributed by atoms with E-state index >= 15 is 0 Å². The summed E-state index contributed by atoms with van der Waals surface area (Å²) >= 11 is 0. The Morgan fingerprint density at radius 3 is 1.33 bits per heavy atom. The van der Waals surface area contributed by atoms with Crippen molar-refractivity contribution in [1.82, 2.24) is 0 Å². The van der Waals surface area contributed by atoms with Gasteiger partial charge in [-0.05, 0) is 0 Å². The molecule has 2 rings (SSSR count). The van der Waals surface area contributed by atoms with Gasteiger partial charge in [-0.3, -0.25) is 0 Å². The van der Waals surface area contributed by atoms with Crippen molar-refractivity contribution in [2.24, 2.45) is 0 Å². The molecule has 71 valence electrons. The maximum atomic E-state index is 2.38. The van der Waals surface area contributed by atoms with Crippen LogP contribution in [0.1, 0.15) is 0 Å². The van der Waals surface area contributed by atoms with Crippen LogP contribution in [0.5, 0.6) is 0 Å². The summed E-state index contributed by atoms with van der Waals surface area (Å²) in [5, 5.41) is 3.03. The fourth-order valence-electron chi connectivity index (χ4n) is 1.68. The second-order valence-corrected chi connectivity index (χ2v) is 6.32. The minimum Gasteiger partial charge on any atom is -0.0642 e. The molecule has 2 aromatic rings. The van der Waals surface area contributed by atoms with E-state index in [1.54, 1.807) is 0 Å². The first-order chi connectivity index (χ1) is 6.88. The van der Waals surface area contributed by atoms with Crippen molar-refractivity contribution in [2.75, 3.05) is 0 Å². The van der Waals surface area contributed by atoms with Gasteiger partial charge in [0.2, 0.25) is 0 Å². The summed E-state index contributed by atoms with van der Waals surface area (Å²) in [6.07, 6.45) is 0. The Morgan fingerprint density at radius 2 is 1.00 bits per heavy atom. The normalized spacial score (nSPS) is 9.73. The molecule has 0 aliphatic rings. The molecule has 0 nitrogen and oxygen atoms in total. The van der Waals surface area contributed by atoms with Crippen LogP contribution in [0.25, 0.3) is 0 Å². The van der Waals surface area contributed by atoms with Crippen LogP contribution in [-0.4, -0.2) is 27.7 Å². The average molecular weight is 205 g/mol. The molecule has 0 fully saturated rings. The van der Waals surface area contributed by atoms with Gasteiger partial charge >= 0.3 is 0 Å². The zero-order valence-electron chi connectivity index (χ0n) is 9.35. The minimum absolute atomic E-state index is 0. The van der Waals surface area contributed by atoms with Crippen LogP contribution < -0.4 is 10.4 Å². The zero-order valence-corrected chi connectivity index (χ0v) is 10.5. The standard InChI is InChI=1S/C13H14Si.Li/c1-14(12-8-4-2-5-9-12)13-10-6-3-7-11-13;/h2-11,14H,1H3;. The molecular formula is C13H14LiSi. The van der Waals surface area contributed by atoms with E-state index in [1.807, 2.05) is 0 Å². The van der Waals surface area contributed by atoms with Crippen LogP contribution in [0.3, 0.4) is 0 Å². The van der Waals surface area contributed by atoms with Crippen LogP contribution in [0.2, 0.25) is 6.55 Å². The van der Waals surface area contributed by atoms with E-state index in [2.05, 4.69) is 67.2 Å². The molecule has 0 amide bonds. The summed E-state index contributed by atoms with van der Waals surface area (Å²) in [7, 11) is -0.919. The number of hydrogen-bond donors (Lipinski definition) is 0. The molecule has 0 saturated heterocycles. The number of rotatable bonds is 2. The van der Waals surface area contributed by atoms with Gasteiger partial charge in [0.1, 0.15) is 0 Å². The van der Waals surface area contributed by atoms with Crippen LogP contribution in [0.15, 0.2) is 60.7 Å². The predicted molar refractivity (Wildman–Crippen MR) is 70.9 cm³/mol. The molecule has 0 unspecified atom stereocenters. The Morgan fingerprint density at radius 1 is 0.667 bits per heavy atom. The van der Waals surface area contributed by atoms with Crippen molar-refractivity contribution in [3.8, 4) is 0 Å². The van der Waals surface area contributed by atoms with Gasteiger partial charge in [-0.2, -0.15) is 0 Å². The second kappa shape index (κ2) is 5.97. The average Bonchev–Trinajstić information content (AvgIpc) is 2.30. The molecule has 0 aromatic heterocycles. The van der Waals surface area contributed by atoms with Crippen LogP contribution in [0, 0.1) is 0 Å². The molecule has 1 radical (unpaired) electrons. The van der Waals surface area contributed by atoms with Crippen LogP contribution in [0.4, 0.5) is 0 Å². The van der Waals surface area contributed by atoms with E-state index in [-0.39, 0.29) is 18.9 Å². The molecule has 2 aromatic carbocycles. The van der Waals surface area contributed by atoms with Crippen molar-refractivity contribution in [1.29, 1.82) is 0 Å². The fourth-order valence-corrected chi connectivity index (χ4v) is 3.66. The Hall–Kier alpha value is -0.746. The molecule has 0 spiro atoms. The summed E-state index contributed by atoms with van der Waals surface area (Å²) in [5.74, 6) is 0. The summed E-state index contributed by atoms with van der Waals surface area (Å²) in [6, 6.07) is 21.6. The van der Waals surface area contributed by atoms with Crippen molar-refractivity contribution in [3.63, 3.8) is 0 Å². The molecule has 0 atom stereocenters. The van der Waals surface area contributed by atoms with Crippen molar-refractivity contribution >= 4 is 38.0 Å². The molecule has 0 bridgehead atoms. The van der Waals surface area contributed by atoms with Gasteiger partial charge in [-0.25, -0.2) is 0 Å². The van der Waals surface area contributed by atoms with Crippen LogP contribution >= 0.6 is 0 Å². The molecule has 0 saturated carbocycles. The molecule has 2 heteroatoms. The minimum atomic E-state index is -0.919. The Balaban J connectivity index is 0.00000112. The SMILES string of the molecule is C[SiH](c1ccccc1)c1ccccc1.[Li]. The predicted octanol–water partition coefficient (Wildman–Crippen LogP) is 1.28. The largest absolute Gasteiger partial charge is 0.0997 e. The van der Waals surface area contributed by atoms with Gasteiger partial charge in [-0.15, -0.1) is 0 Å². The maximum absolute atomic E-state index is 2.38. The van der Waals surface area contributed by atoms with Crippen molar-refractivity contribution in [3.05, 3.63) is 60.7 Å². The summed E-state index contributed by atoms with van der Waals surface area (Å²) in [5.41, 5.74) is 0. The zero-order chi connectivity index (χ0) is 9.80. The van der Waals surface area contributed by atoms with Gasteiger partial charge in [0, 0.05) is 18.9 Å². The van der Waals surface area contributed by atoms with Gasteiger partial charge in [0.05, 0.1) is 8.80 Å². The monoisotopic (exact) mass is 205 g/mol. The van der Waals surface area contributed by atoms with E-state index in [4.69, 9.17) is 0 Å². The van der Waals surface area contributed by atoms with Gasteiger partial charge in [-0.1, -0.05) is 77.6 Å². The van der Waals surface area contributed by atoms with E-state index in [1.165, 1.54) is 10.4 Å². The fraction of sp³-hybridized carbons (Fsp3) is 0.0769. The third-order valence-electron chi connectivity index (χ3n) is 2.60. The number of benzene rings is 2. The third kappa shape index (κ3) is 3.10. The first-order valence-corrected chi connectivity index (χ1v) is 7.29. The van der Waals surface area contributed by atoms with E-state index < -0.39 is 8.80 Å². The molecule has 0 aliphatic heterocycles. The Kier molecular flexibility index (Phi) is 4.91. The molecular weight excluding hydrogens is 191 g/mol. The molecule has 0 aliphatic carbocycles. The molecule has 15 heavy (non-hydrogen) atoms. The Labute approximate surface area is 105 Å². The van der Waals surface area contributed by atoms with E-state index in [9.17, 15) is 0 Å². The smallest absolute Gasteiger partial charge is 0.0642 e. The third-order valence-corrected chi connectivity index (χ3v) is 5.37. The first kappa shape index (κ1) is 12.3. The van der Waals surface area contributed by atoms with E-state index in [0.717, 1.165) is 0 Å². The topological polar surface area (TPSA) is 0 Å². The van der Waals surface area contributed by atoms with Gasteiger partial charge < -0.3 is 0 Å². The van der Waals surface area contributed by atoms with Gasteiger partial charge in [0.15, 0.2) is 0 Å². The quantitative estimate of drug-likeness (QED) is 0.648. The first-order valence-electron chi connectivity index (χ1n) is 4.98. The molecule has 0 N–H and O–H groups in total. The van der Waals surface area contributed by atoms with Crippen molar-refractivity contribution < 1.29 is 0 Å². The maximum Gasteiger partial charge on any atom is 0.0997 e. The summed E-state index contributed by atoms with van der Waals surface area (Å²) in [6.45, 7) is 2.38. The summed E-state index contributed by atoms with van der Waals surface area (Å²) < 4.78 is 0. The van der Waals surface area contributed by atoms with E-state index in [0.29, 0.717) is 0 Å². The van der Waals surface area contributed by atoms with Crippen LogP contribution in [-0.2, 0) is 0 Å². The molecule has 0 heterocycles. The number of hydrogen-bond acceptors (Lipinski definition) is 0. The summed E-state index contributed by atoms with van der Waals surface area (Å²) in [4.78, 5) is 0.